The molecule has 2 aromatic rings. The normalized spacial score (nSPS) is 11.8. The van der Waals surface area contributed by atoms with Gasteiger partial charge < -0.3 is 0 Å². The molecule has 1 N–H and O–H groups in total. The second-order valence-electron chi connectivity index (χ2n) is 4.86. The van der Waals surface area contributed by atoms with Gasteiger partial charge in [-0.1, -0.05) is 12.1 Å². The van der Waals surface area contributed by atoms with Crippen LogP contribution in [0.25, 0.3) is 0 Å². The molecule has 0 aliphatic carbocycles. The van der Waals surface area contributed by atoms with Gasteiger partial charge in [-0.05, 0) is 31.7 Å². The summed E-state index contributed by atoms with van der Waals surface area (Å²) in [4.78, 5) is 6.40. The third-order valence-corrected chi connectivity index (χ3v) is 4.89. The first-order valence-electron chi connectivity index (χ1n) is 6.63. The van der Waals surface area contributed by atoms with Crippen LogP contribution in [0, 0.1) is 0 Å². The van der Waals surface area contributed by atoms with E-state index in [4.69, 9.17) is 0 Å². The fourth-order valence-corrected chi connectivity index (χ4v) is 3.12. The molecule has 1 aromatic heterocycles. The lowest BCUT2D eigenvalue weighted by atomic mass is 10.2. The Morgan fingerprint density at radius 3 is 2.81 bits per heavy atom. The van der Waals surface area contributed by atoms with Crippen LogP contribution in [-0.4, -0.2) is 31.1 Å². The van der Waals surface area contributed by atoms with Crippen molar-refractivity contribution in [3.05, 3.63) is 46.4 Å². The molecule has 0 saturated heterocycles. The van der Waals surface area contributed by atoms with Crippen LogP contribution in [0.1, 0.15) is 18.2 Å². The van der Waals surface area contributed by atoms with E-state index in [0.29, 0.717) is 5.69 Å². The highest BCUT2D eigenvalue weighted by atomic mass is 32.2. The van der Waals surface area contributed by atoms with Gasteiger partial charge >= 0.3 is 0 Å². The van der Waals surface area contributed by atoms with Crippen LogP contribution >= 0.6 is 11.3 Å². The summed E-state index contributed by atoms with van der Waals surface area (Å²) in [5.41, 5.74) is 4.54. The topological polar surface area (TPSA) is 62.3 Å². The Bertz CT molecular complexity index is 669. The Labute approximate surface area is 129 Å². The lowest BCUT2D eigenvalue weighted by Crippen LogP contribution is -2.18. The summed E-state index contributed by atoms with van der Waals surface area (Å²) in [6.07, 6.45) is 0. The van der Waals surface area contributed by atoms with Crippen molar-refractivity contribution in [3.8, 4) is 0 Å². The van der Waals surface area contributed by atoms with E-state index < -0.39 is 10.0 Å². The van der Waals surface area contributed by atoms with Gasteiger partial charge in [0, 0.05) is 24.2 Å². The molecule has 0 amide bonds. The summed E-state index contributed by atoms with van der Waals surface area (Å²) < 4.78 is 25.7. The van der Waals surface area contributed by atoms with Gasteiger partial charge in [0.05, 0.1) is 17.0 Å². The highest BCUT2D eigenvalue weighted by Gasteiger charge is 2.08. The third-order valence-electron chi connectivity index (χ3n) is 2.95. The van der Waals surface area contributed by atoms with E-state index in [0.717, 1.165) is 24.3 Å². The first-order chi connectivity index (χ1) is 9.98. The van der Waals surface area contributed by atoms with E-state index in [-0.39, 0.29) is 5.75 Å². The lowest BCUT2D eigenvalue weighted by molar-refractivity contribution is 0.316. The van der Waals surface area contributed by atoms with Crippen LogP contribution < -0.4 is 4.72 Å². The standard InChI is InChI=1S/C14H19N3O2S2/c1-3-21(18,19)16-13-6-4-5-12(7-13)8-17(2)9-14-10-20-11-15-14/h4-7,10-11,16H,3,8-9H2,1-2H3. The first kappa shape index (κ1) is 15.9. The number of hydrogen-bond acceptors (Lipinski definition) is 5. The van der Waals surface area contributed by atoms with Crippen molar-refractivity contribution in [2.75, 3.05) is 17.5 Å². The van der Waals surface area contributed by atoms with E-state index in [1.807, 2.05) is 36.1 Å². The largest absolute Gasteiger partial charge is 0.296 e. The van der Waals surface area contributed by atoms with Crippen molar-refractivity contribution >= 4 is 27.0 Å². The highest BCUT2D eigenvalue weighted by molar-refractivity contribution is 7.92. The van der Waals surface area contributed by atoms with Gasteiger partial charge in [-0.3, -0.25) is 9.62 Å². The van der Waals surface area contributed by atoms with E-state index in [1.54, 1.807) is 24.3 Å². The van der Waals surface area contributed by atoms with Gasteiger partial charge in [-0.2, -0.15) is 0 Å². The SMILES string of the molecule is CCS(=O)(=O)Nc1cccc(CN(C)Cc2cscn2)c1. The maximum absolute atomic E-state index is 11.6. The highest BCUT2D eigenvalue weighted by Crippen LogP contribution is 2.15. The Morgan fingerprint density at radius 2 is 2.14 bits per heavy atom. The zero-order valence-electron chi connectivity index (χ0n) is 12.1. The average Bonchev–Trinajstić information content (AvgIpc) is 2.91. The minimum absolute atomic E-state index is 0.0704. The predicted molar refractivity (Wildman–Crippen MR) is 86.8 cm³/mol. The van der Waals surface area contributed by atoms with Crippen molar-refractivity contribution in [1.29, 1.82) is 0 Å². The van der Waals surface area contributed by atoms with E-state index in [1.165, 1.54) is 0 Å². The van der Waals surface area contributed by atoms with Gasteiger partial charge in [0.2, 0.25) is 10.0 Å². The van der Waals surface area contributed by atoms with Crippen molar-refractivity contribution < 1.29 is 8.42 Å². The zero-order valence-corrected chi connectivity index (χ0v) is 13.7. The smallest absolute Gasteiger partial charge is 0.232 e. The fraction of sp³-hybridized carbons (Fsp3) is 0.357. The summed E-state index contributed by atoms with van der Waals surface area (Å²) in [5, 5.41) is 2.03. The quantitative estimate of drug-likeness (QED) is 0.850. The molecule has 114 valence electrons. The number of anilines is 1. The van der Waals surface area contributed by atoms with E-state index >= 15 is 0 Å². The van der Waals surface area contributed by atoms with Crippen LogP contribution in [0.4, 0.5) is 5.69 Å². The van der Waals surface area contributed by atoms with Crippen LogP contribution in [0.5, 0.6) is 0 Å². The molecular formula is C14H19N3O2S2. The van der Waals surface area contributed by atoms with Gasteiger partial charge in [-0.25, -0.2) is 13.4 Å². The summed E-state index contributed by atoms with van der Waals surface area (Å²) >= 11 is 1.58. The lowest BCUT2D eigenvalue weighted by Gasteiger charge is -2.16. The minimum Gasteiger partial charge on any atom is -0.296 e. The molecule has 2 rings (SSSR count). The van der Waals surface area contributed by atoms with Gasteiger partial charge in [-0.15, -0.1) is 11.3 Å². The average molecular weight is 325 g/mol. The van der Waals surface area contributed by atoms with E-state index in [2.05, 4.69) is 14.6 Å². The number of nitrogens with one attached hydrogen (secondary N) is 1. The van der Waals surface area contributed by atoms with Crippen LogP contribution in [-0.2, 0) is 23.1 Å². The summed E-state index contributed by atoms with van der Waals surface area (Å²) in [6.45, 7) is 3.13. The monoisotopic (exact) mass is 325 g/mol. The van der Waals surface area contributed by atoms with Crippen molar-refractivity contribution in [1.82, 2.24) is 9.88 Å². The molecule has 0 radical (unpaired) electrons. The first-order valence-corrected chi connectivity index (χ1v) is 9.23. The van der Waals surface area contributed by atoms with Crippen molar-refractivity contribution in [2.45, 2.75) is 20.0 Å². The molecule has 1 heterocycles. The Morgan fingerprint density at radius 1 is 1.33 bits per heavy atom. The Kier molecular flexibility index (Phi) is 5.33. The minimum atomic E-state index is -3.23. The van der Waals surface area contributed by atoms with Crippen LogP contribution in [0.15, 0.2) is 35.2 Å². The molecule has 0 unspecified atom stereocenters. The number of nitrogens with zero attached hydrogens (tertiary/aromatic N) is 2. The predicted octanol–water partition coefficient (Wildman–Crippen LogP) is 2.54. The van der Waals surface area contributed by atoms with Gasteiger partial charge in [0.15, 0.2) is 0 Å². The number of benzene rings is 1. The number of aromatic nitrogens is 1. The molecule has 0 saturated carbocycles. The second-order valence-corrected chi connectivity index (χ2v) is 7.59. The molecule has 0 spiro atoms. The molecule has 0 aliphatic heterocycles. The molecular weight excluding hydrogens is 306 g/mol. The number of sulfonamides is 1. The Hall–Kier alpha value is -1.44. The van der Waals surface area contributed by atoms with Crippen molar-refractivity contribution in [2.24, 2.45) is 0 Å². The molecule has 21 heavy (non-hydrogen) atoms. The maximum Gasteiger partial charge on any atom is 0.232 e. The molecule has 0 bridgehead atoms. The number of rotatable bonds is 7. The molecule has 0 fully saturated rings. The number of thiazole rings is 1. The maximum atomic E-state index is 11.6. The molecule has 0 atom stereocenters. The summed E-state index contributed by atoms with van der Waals surface area (Å²) in [6, 6.07) is 7.47. The molecule has 0 aliphatic rings. The molecule has 7 heteroatoms. The van der Waals surface area contributed by atoms with Gasteiger partial charge in [0.25, 0.3) is 0 Å². The summed E-state index contributed by atoms with van der Waals surface area (Å²) in [7, 11) is -1.21. The molecule has 1 aromatic carbocycles. The number of hydrogen-bond donors (Lipinski definition) is 1. The van der Waals surface area contributed by atoms with E-state index in [9.17, 15) is 8.42 Å². The zero-order chi connectivity index (χ0) is 15.3. The van der Waals surface area contributed by atoms with Crippen LogP contribution in [0.3, 0.4) is 0 Å². The van der Waals surface area contributed by atoms with Crippen LogP contribution in [0.2, 0.25) is 0 Å². The Balaban J connectivity index is 2.00. The molecule has 5 nitrogen and oxygen atoms in total. The third kappa shape index (κ3) is 5.11. The summed E-state index contributed by atoms with van der Waals surface area (Å²) in [5.74, 6) is 0.0704. The van der Waals surface area contributed by atoms with Gasteiger partial charge in [0.1, 0.15) is 0 Å². The second kappa shape index (κ2) is 7.02. The van der Waals surface area contributed by atoms with Crippen molar-refractivity contribution in [3.63, 3.8) is 0 Å². The fourth-order valence-electron chi connectivity index (χ4n) is 1.94.